The molecule has 1 fully saturated rings. The molecule has 1 aliphatic rings. The number of hydrogen-bond acceptors (Lipinski definition) is 4. The Morgan fingerprint density at radius 3 is 2.59 bits per heavy atom. The highest BCUT2D eigenvalue weighted by Gasteiger charge is 2.23. The smallest absolute Gasteiger partial charge is 0.229 e. The van der Waals surface area contributed by atoms with Gasteiger partial charge in [0.1, 0.15) is 17.3 Å². The first-order chi connectivity index (χ1) is 14.2. The summed E-state index contributed by atoms with van der Waals surface area (Å²) in [6.45, 7) is 4.94. The molecule has 29 heavy (non-hydrogen) atoms. The Kier molecular flexibility index (Phi) is 6.10. The molecule has 0 spiro atoms. The van der Waals surface area contributed by atoms with Gasteiger partial charge in [0.25, 0.3) is 0 Å². The van der Waals surface area contributed by atoms with Crippen LogP contribution in [0.3, 0.4) is 0 Å². The Labute approximate surface area is 171 Å². The number of hydrogen-bond donors (Lipinski definition) is 1. The average molecular weight is 393 g/mol. The van der Waals surface area contributed by atoms with Gasteiger partial charge < -0.3 is 9.73 Å². The van der Waals surface area contributed by atoms with Crippen LogP contribution in [0.1, 0.15) is 42.9 Å². The van der Waals surface area contributed by atoms with Gasteiger partial charge in [-0.2, -0.15) is 5.10 Å². The van der Waals surface area contributed by atoms with E-state index in [0.717, 1.165) is 61.8 Å². The molecule has 4 rings (SSSR count). The monoisotopic (exact) mass is 392 g/mol. The Hall–Kier alpha value is -2.86. The third-order valence-corrected chi connectivity index (χ3v) is 5.49. The molecule has 152 valence electrons. The van der Waals surface area contributed by atoms with Crippen molar-refractivity contribution in [3.63, 3.8) is 0 Å². The Morgan fingerprint density at radius 1 is 1.10 bits per heavy atom. The van der Waals surface area contributed by atoms with E-state index in [0.29, 0.717) is 12.5 Å². The molecular weight excluding hydrogens is 364 g/mol. The highest BCUT2D eigenvalue weighted by molar-refractivity contribution is 5.91. The number of furan rings is 1. The number of benzene rings is 1. The van der Waals surface area contributed by atoms with E-state index in [2.05, 4.69) is 34.4 Å². The molecule has 1 aromatic carbocycles. The molecule has 3 aromatic rings. The van der Waals surface area contributed by atoms with Crippen molar-refractivity contribution in [3.05, 3.63) is 71.8 Å². The number of rotatable bonds is 7. The van der Waals surface area contributed by atoms with Crippen molar-refractivity contribution in [2.75, 3.05) is 18.4 Å². The molecule has 1 amide bonds. The number of nitrogens with one attached hydrogen (secondary N) is 1. The Morgan fingerprint density at radius 2 is 1.86 bits per heavy atom. The standard InChI is InChI=1S/C23H28N4O2/c1-2-20-8-9-21(29-20)17-26-14-11-19(12-15-26)27-22(10-13-24-27)25-23(28)16-18-6-4-3-5-7-18/h3-10,13,19H,2,11-12,14-17H2,1H3,(H,25,28). The van der Waals surface area contributed by atoms with Crippen LogP contribution in [0.15, 0.2) is 59.1 Å². The van der Waals surface area contributed by atoms with E-state index in [-0.39, 0.29) is 5.91 Å². The van der Waals surface area contributed by atoms with Crippen molar-refractivity contribution < 1.29 is 9.21 Å². The number of aryl methyl sites for hydroxylation is 1. The van der Waals surface area contributed by atoms with Gasteiger partial charge in [-0.25, -0.2) is 4.68 Å². The summed E-state index contributed by atoms with van der Waals surface area (Å²) in [6, 6.07) is 16.1. The second kappa shape index (κ2) is 9.09. The second-order valence-corrected chi connectivity index (χ2v) is 7.60. The van der Waals surface area contributed by atoms with Gasteiger partial charge in [-0.05, 0) is 30.5 Å². The van der Waals surface area contributed by atoms with E-state index in [9.17, 15) is 4.79 Å². The summed E-state index contributed by atoms with van der Waals surface area (Å²) in [4.78, 5) is 14.8. The van der Waals surface area contributed by atoms with Gasteiger partial charge in [-0.15, -0.1) is 0 Å². The largest absolute Gasteiger partial charge is 0.465 e. The van der Waals surface area contributed by atoms with Crippen molar-refractivity contribution in [3.8, 4) is 0 Å². The third kappa shape index (κ3) is 4.95. The first-order valence-electron chi connectivity index (χ1n) is 10.4. The topological polar surface area (TPSA) is 63.3 Å². The lowest BCUT2D eigenvalue weighted by molar-refractivity contribution is -0.115. The molecule has 0 aliphatic carbocycles. The average Bonchev–Trinajstić information content (AvgIpc) is 3.39. The lowest BCUT2D eigenvalue weighted by Gasteiger charge is -2.32. The van der Waals surface area contributed by atoms with Crippen LogP contribution in [0.25, 0.3) is 0 Å². The molecule has 1 N–H and O–H groups in total. The third-order valence-electron chi connectivity index (χ3n) is 5.49. The molecule has 3 heterocycles. The van der Waals surface area contributed by atoms with Gasteiger partial charge >= 0.3 is 0 Å². The number of likely N-dealkylation sites (tertiary alicyclic amines) is 1. The summed E-state index contributed by atoms with van der Waals surface area (Å²) in [7, 11) is 0. The quantitative estimate of drug-likeness (QED) is 0.659. The summed E-state index contributed by atoms with van der Waals surface area (Å²) in [5, 5.41) is 7.52. The van der Waals surface area contributed by atoms with E-state index in [1.807, 2.05) is 41.1 Å². The van der Waals surface area contributed by atoms with Gasteiger partial charge in [0.05, 0.1) is 25.2 Å². The lowest BCUT2D eigenvalue weighted by Crippen LogP contribution is -2.35. The van der Waals surface area contributed by atoms with Crippen molar-refractivity contribution in [1.82, 2.24) is 14.7 Å². The fourth-order valence-corrected chi connectivity index (χ4v) is 3.91. The van der Waals surface area contributed by atoms with Crippen molar-refractivity contribution in [2.24, 2.45) is 0 Å². The van der Waals surface area contributed by atoms with Crippen LogP contribution in [0.5, 0.6) is 0 Å². The second-order valence-electron chi connectivity index (χ2n) is 7.60. The molecule has 0 saturated carbocycles. The van der Waals surface area contributed by atoms with Crippen molar-refractivity contribution in [2.45, 2.75) is 45.2 Å². The maximum atomic E-state index is 12.4. The van der Waals surface area contributed by atoms with Crippen LogP contribution in [0.2, 0.25) is 0 Å². The maximum absolute atomic E-state index is 12.4. The van der Waals surface area contributed by atoms with E-state index in [1.54, 1.807) is 6.20 Å². The van der Waals surface area contributed by atoms with Crippen LogP contribution in [0, 0.1) is 0 Å². The van der Waals surface area contributed by atoms with Crippen molar-refractivity contribution in [1.29, 1.82) is 0 Å². The number of anilines is 1. The van der Waals surface area contributed by atoms with Gasteiger partial charge in [0, 0.05) is 25.6 Å². The minimum Gasteiger partial charge on any atom is -0.465 e. The molecule has 6 nitrogen and oxygen atoms in total. The maximum Gasteiger partial charge on any atom is 0.229 e. The highest BCUT2D eigenvalue weighted by Crippen LogP contribution is 2.26. The van der Waals surface area contributed by atoms with Crippen LogP contribution in [0.4, 0.5) is 5.82 Å². The zero-order valence-electron chi connectivity index (χ0n) is 16.9. The fraction of sp³-hybridized carbons (Fsp3) is 0.391. The van der Waals surface area contributed by atoms with Gasteiger partial charge in [-0.1, -0.05) is 37.3 Å². The number of carbonyl (C=O) groups is 1. The Balaban J connectivity index is 1.31. The number of aromatic nitrogens is 2. The minimum absolute atomic E-state index is 0.0140. The number of carbonyl (C=O) groups excluding carboxylic acids is 1. The molecule has 0 bridgehead atoms. The summed E-state index contributed by atoms with van der Waals surface area (Å²) in [5.41, 5.74) is 1.01. The van der Waals surface area contributed by atoms with Crippen molar-refractivity contribution >= 4 is 11.7 Å². The van der Waals surface area contributed by atoms with E-state index < -0.39 is 0 Å². The molecule has 6 heteroatoms. The number of piperidine rings is 1. The van der Waals surface area contributed by atoms with Gasteiger partial charge in [-0.3, -0.25) is 9.69 Å². The summed E-state index contributed by atoms with van der Waals surface area (Å²) in [6.07, 6.45) is 5.07. The Bertz CT molecular complexity index is 923. The van der Waals surface area contributed by atoms with E-state index >= 15 is 0 Å². The predicted molar refractivity (Wildman–Crippen MR) is 113 cm³/mol. The summed E-state index contributed by atoms with van der Waals surface area (Å²) >= 11 is 0. The van der Waals surface area contributed by atoms with Gasteiger partial charge in [0.15, 0.2) is 0 Å². The van der Waals surface area contributed by atoms with Crippen LogP contribution in [-0.4, -0.2) is 33.7 Å². The predicted octanol–water partition coefficient (Wildman–Crippen LogP) is 4.06. The van der Waals surface area contributed by atoms with E-state index in [4.69, 9.17) is 4.42 Å². The van der Waals surface area contributed by atoms with Crippen LogP contribution < -0.4 is 5.32 Å². The molecule has 0 radical (unpaired) electrons. The van der Waals surface area contributed by atoms with Crippen LogP contribution in [-0.2, 0) is 24.2 Å². The first kappa shape index (κ1) is 19.5. The molecule has 0 unspecified atom stereocenters. The lowest BCUT2D eigenvalue weighted by atomic mass is 10.1. The molecule has 1 aliphatic heterocycles. The number of amides is 1. The zero-order chi connectivity index (χ0) is 20.1. The first-order valence-corrected chi connectivity index (χ1v) is 10.4. The zero-order valence-corrected chi connectivity index (χ0v) is 16.9. The van der Waals surface area contributed by atoms with Gasteiger partial charge in [0.2, 0.25) is 5.91 Å². The van der Waals surface area contributed by atoms with E-state index in [1.165, 1.54) is 0 Å². The summed E-state index contributed by atoms with van der Waals surface area (Å²) < 4.78 is 7.81. The minimum atomic E-state index is -0.0140. The SMILES string of the molecule is CCc1ccc(CN2CCC(n3nccc3NC(=O)Cc3ccccc3)CC2)o1. The fourth-order valence-electron chi connectivity index (χ4n) is 3.91. The van der Waals surface area contributed by atoms with Crippen LogP contribution >= 0.6 is 0 Å². The molecule has 1 saturated heterocycles. The summed E-state index contributed by atoms with van der Waals surface area (Å²) in [5.74, 6) is 2.85. The molecule has 0 atom stereocenters. The highest BCUT2D eigenvalue weighted by atomic mass is 16.3. The number of nitrogens with zero attached hydrogens (tertiary/aromatic N) is 3. The normalized spacial score (nSPS) is 15.5. The molecular formula is C23H28N4O2. The molecule has 2 aromatic heterocycles.